The highest BCUT2D eigenvalue weighted by atomic mass is 31.2. The molecule has 2 unspecified atom stereocenters. The first-order valence-electron chi connectivity index (χ1n) is 32.3. The summed E-state index contributed by atoms with van der Waals surface area (Å²) in [6.45, 7) is 11.3. The summed E-state index contributed by atoms with van der Waals surface area (Å²) in [4.78, 5) is 132. The van der Waals surface area contributed by atoms with E-state index in [9.17, 15) is 52.5 Å². The number of imidazole rings is 1. The van der Waals surface area contributed by atoms with Crippen LogP contribution in [-0.2, 0) is 111 Å². The normalized spacial score (nSPS) is 18.1. The monoisotopic (exact) mass is 1330 g/mol. The van der Waals surface area contributed by atoms with Gasteiger partial charge in [0.15, 0.2) is 5.78 Å². The van der Waals surface area contributed by atoms with Crippen LogP contribution in [-0.4, -0.2) is 93.6 Å². The third-order valence-electron chi connectivity index (χ3n) is 17.8. The molecular formula is C71H87F2N6O15P. The number of amides is 5. The number of alkyl halides is 2. The van der Waals surface area contributed by atoms with Crippen molar-refractivity contribution in [1.82, 2.24) is 19.8 Å². The minimum absolute atomic E-state index is 0.0549. The van der Waals surface area contributed by atoms with Gasteiger partial charge in [0.1, 0.15) is 23.7 Å². The Labute approximate surface area is 551 Å². The van der Waals surface area contributed by atoms with E-state index in [-0.39, 0.29) is 74.7 Å². The first-order valence-corrected chi connectivity index (χ1v) is 33.9. The minimum atomic E-state index is -5.47. The number of fused-ring (bicyclic) bond motifs is 1. The summed E-state index contributed by atoms with van der Waals surface area (Å²) >= 11 is 0. The quantitative estimate of drug-likeness (QED) is 0.00928. The molecule has 1 saturated heterocycles. The number of nitrogens with one attached hydrogen (secondary N) is 2. The first kappa shape index (κ1) is 72.7. The molecule has 8 rings (SSSR count). The third-order valence-corrected chi connectivity index (χ3v) is 19.7. The fourth-order valence-corrected chi connectivity index (χ4v) is 13.4. The second-order valence-electron chi connectivity index (χ2n) is 27.1. The number of carbonyl (C=O) groups is 9. The van der Waals surface area contributed by atoms with Crippen LogP contribution in [0.2, 0.25) is 0 Å². The zero-order chi connectivity index (χ0) is 69.3. The number of allylic oxidation sites excluding steroid dienone is 2. The fraction of sp³-hybridized carbons (Fsp3) is 0.493. The van der Waals surface area contributed by atoms with E-state index in [1.807, 2.05) is 54.6 Å². The number of anilines is 1. The van der Waals surface area contributed by atoms with Gasteiger partial charge in [0.05, 0.1) is 47.5 Å². The minimum Gasteiger partial charge on any atom is -0.438 e. The summed E-state index contributed by atoms with van der Waals surface area (Å²) < 4.78 is 71.1. The number of Topliss-reactive ketones (excluding diaryl/α,β-unsaturated/α-hetero) is 2. The maximum Gasteiger partial charge on any atom is 0.407 e. The zero-order valence-electron chi connectivity index (χ0n) is 55.5. The Morgan fingerprint density at radius 3 is 2.15 bits per heavy atom. The van der Waals surface area contributed by atoms with E-state index < -0.39 is 109 Å². The van der Waals surface area contributed by atoms with Crippen molar-refractivity contribution in [2.45, 2.75) is 188 Å². The number of primary amides is 1. The Kier molecular flexibility index (Phi) is 23.5. The Hall–Kier alpha value is -8.11. The number of para-hydroxylation sites is 1. The van der Waals surface area contributed by atoms with Gasteiger partial charge in [-0.3, -0.25) is 71.6 Å². The van der Waals surface area contributed by atoms with E-state index in [4.69, 9.17) is 24.3 Å². The highest BCUT2D eigenvalue weighted by Gasteiger charge is 2.56. The zero-order valence-corrected chi connectivity index (χ0v) is 56.4. The molecule has 4 N–H and O–H groups in total. The van der Waals surface area contributed by atoms with Crippen molar-refractivity contribution in [1.29, 1.82) is 0 Å². The summed E-state index contributed by atoms with van der Waals surface area (Å²) in [7, 11) is -3.84. The van der Waals surface area contributed by atoms with E-state index in [0.717, 1.165) is 52.8 Å². The summed E-state index contributed by atoms with van der Waals surface area (Å²) in [6.07, 6.45) is 5.03. The van der Waals surface area contributed by atoms with Gasteiger partial charge in [-0.05, 0) is 143 Å². The molecule has 6 atom stereocenters. The summed E-state index contributed by atoms with van der Waals surface area (Å²) in [5.41, 5.74) is 5.37. The van der Waals surface area contributed by atoms with Crippen molar-refractivity contribution in [3.05, 3.63) is 140 Å². The van der Waals surface area contributed by atoms with E-state index in [0.29, 0.717) is 66.4 Å². The van der Waals surface area contributed by atoms with E-state index >= 15 is 8.78 Å². The molecule has 24 heteroatoms. The van der Waals surface area contributed by atoms with Crippen molar-refractivity contribution in [2.24, 2.45) is 29.5 Å². The maximum absolute atomic E-state index is 16.3. The number of hydrogen-bond donors (Lipinski definition) is 3. The average molecular weight is 1330 g/mol. The smallest absolute Gasteiger partial charge is 0.407 e. The summed E-state index contributed by atoms with van der Waals surface area (Å²) in [5, 5.41) is 5.39. The third kappa shape index (κ3) is 17.9. The van der Waals surface area contributed by atoms with Crippen LogP contribution in [0.4, 0.5) is 14.5 Å². The molecule has 1 fully saturated rings. The van der Waals surface area contributed by atoms with Gasteiger partial charge >= 0.3 is 24.9 Å². The van der Waals surface area contributed by atoms with Crippen LogP contribution < -0.4 is 27.0 Å². The molecular weight excluding hydrogens is 1250 g/mol. The maximum atomic E-state index is 16.3. The van der Waals surface area contributed by atoms with Crippen LogP contribution in [0, 0.1) is 16.7 Å². The standard InChI is InChI=1S/C71H87F2N6O15P/c1-43(48-25-27-52(28-26-48)71(72,73)95(90,93-36-35-60(82)69(3,4)5)94-42-92-67(88)70(6,7)8)37-54(81)39-51-24-23-49-14-12-15-50-40-59(79(63(49)50)66(51)87)65(86)75-55(30-33-61(74)83)44(2)91-41-47-19-17-45(18-20-47)13-10-11-16-53(80)29-21-46-22-31-56-58(38-46)77(9)68(89)78(56)57-32-34-62(84)76-64(57)85/h12,14-15,17-20,22,25-28,31,37-38,44,51,55,57,59H,10-11,13,16,21,23-24,29-30,32-36,39-42H2,1-9H3,(H2,74,83)(H,75,86)(H,76,84,85)/b43-37+/t44-,51-,55+,57?,59+,95?/m1/s1. The predicted molar refractivity (Wildman–Crippen MR) is 352 cm³/mol. The number of ketones is 3. The Morgan fingerprint density at radius 1 is 0.789 bits per heavy atom. The largest absolute Gasteiger partial charge is 0.438 e. The number of carbonyl (C=O) groups excluding carboxylic acids is 9. The van der Waals surface area contributed by atoms with E-state index in [1.54, 1.807) is 47.7 Å². The van der Waals surface area contributed by atoms with Crippen molar-refractivity contribution < 1.29 is 75.0 Å². The average Bonchev–Trinajstić information content (AvgIpc) is 1.18. The number of benzene rings is 4. The fourth-order valence-electron chi connectivity index (χ4n) is 12.0. The number of ether oxygens (including phenoxy) is 2. The van der Waals surface area contributed by atoms with Crippen molar-refractivity contribution in [3.8, 4) is 0 Å². The molecule has 1 aromatic heterocycles. The summed E-state index contributed by atoms with van der Waals surface area (Å²) in [5.74, 6) is -4.61. The topological polar surface area (TPSA) is 288 Å². The number of piperidine rings is 1. The van der Waals surface area contributed by atoms with Crippen LogP contribution in [0.15, 0.2) is 95.8 Å². The van der Waals surface area contributed by atoms with Crippen LogP contribution in [0.5, 0.6) is 0 Å². The molecule has 4 heterocycles. The van der Waals surface area contributed by atoms with Crippen molar-refractivity contribution >= 4 is 82.7 Å². The molecule has 3 aliphatic rings. The number of rotatable bonds is 31. The van der Waals surface area contributed by atoms with Gasteiger partial charge in [-0.2, -0.15) is 8.78 Å². The van der Waals surface area contributed by atoms with Gasteiger partial charge in [-0.1, -0.05) is 93.6 Å². The lowest BCUT2D eigenvalue weighted by molar-refractivity contribution is -0.160. The molecule has 0 spiro atoms. The second kappa shape index (κ2) is 30.7. The number of hydrogen-bond acceptors (Lipinski definition) is 15. The van der Waals surface area contributed by atoms with Crippen molar-refractivity contribution in [3.63, 3.8) is 0 Å². The van der Waals surface area contributed by atoms with Gasteiger partial charge in [0.2, 0.25) is 36.3 Å². The number of aromatic nitrogens is 2. The van der Waals surface area contributed by atoms with Gasteiger partial charge in [0, 0.05) is 68.9 Å². The highest BCUT2D eigenvalue weighted by molar-refractivity contribution is 7.54. The number of aryl methyl sites for hydroxylation is 4. The summed E-state index contributed by atoms with van der Waals surface area (Å²) in [6, 6.07) is 21.2. The molecule has 21 nitrogen and oxygen atoms in total. The number of nitrogens with zero attached hydrogens (tertiary/aromatic N) is 3. The van der Waals surface area contributed by atoms with Crippen LogP contribution >= 0.6 is 7.60 Å². The molecule has 0 aliphatic carbocycles. The SMILES string of the molecule is C/C(=C\C(=O)C[C@H]1CCc2cccc3c2N(C1=O)[C@H](C(=O)N[C@@H](CCC(N)=O)[C@@H](C)OCc1ccc(CCCCC(=O)CCc2ccc4c(c2)n(C)c(=O)n4C2CCC(=O)NC2=O)cc1)C3)c1ccc(C(F)(F)P(=O)(OCCC(=O)C(C)(C)C)OCOC(=O)C(C)(C)C)cc1. The lowest BCUT2D eigenvalue weighted by Gasteiger charge is -2.31. The Bertz CT molecular complexity index is 3840. The molecule has 3 aliphatic heterocycles. The highest BCUT2D eigenvalue weighted by Crippen LogP contribution is 2.67. The number of nitrogens with two attached hydrogens (primary N) is 1. The lowest BCUT2D eigenvalue weighted by atomic mass is 9.89. The number of imide groups is 1. The van der Waals surface area contributed by atoms with Crippen LogP contribution in [0.1, 0.15) is 171 Å². The van der Waals surface area contributed by atoms with E-state index in [2.05, 4.69) is 10.6 Å². The van der Waals surface area contributed by atoms with Gasteiger partial charge in [-0.15, -0.1) is 0 Å². The van der Waals surface area contributed by atoms with Gasteiger partial charge in [-0.25, -0.2) is 4.79 Å². The molecule has 4 aromatic carbocycles. The Balaban J connectivity index is 0.836. The molecule has 95 heavy (non-hydrogen) atoms. The molecule has 0 bridgehead atoms. The van der Waals surface area contributed by atoms with Gasteiger partial charge in [0.25, 0.3) is 0 Å². The second-order valence-corrected chi connectivity index (χ2v) is 29.2. The first-order chi connectivity index (χ1) is 44.8. The lowest BCUT2D eigenvalue weighted by Crippen LogP contribution is -2.54. The molecule has 0 radical (unpaired) electrons. The van der Waals surface area contributed by atoms with Crippen LogP contribution in [0.25, 0.3) is 16.6 Å². The molecule has 0 saturated carbocycles. The van der Waals surface area contributed by atoms with Gasteiger partial charge < -0.3 is 25.0 Å². The number of esters is 1. The molecule has 510 valence electrons. The molecule has 5 aromatic rings. The van der Waals surface area contributed by atoms with Crippen LogP contribution in [0.3, 0.4) is 0 Å². The number of halogens is 2. The molecule has 5 amide bonds. The van der Waals surface area contributed by atoms with Crippen molar-refractivity contribution in [2.75, 3.05) is 18.3 Å². The number of unbranched alkanes of at least 4 members (excludes halogenated alkanes) is 1. The Morgan fingerprint density at radius 2 is 1.47 bits per heavy atom. The predicted octanol–water partition coefficient (Wildman–Crippen LogP) is 10.3. The van der Waals surface area contributed by atoms with E-state index in [1.165, 1.54) is 53.0 Å².